The summed E-state index contributed by atoms with van der Waals surface area (Å²) in [6, 6.07) is 14.0. The first kappa shape index (κ1) is 26.2. The first-order chi connectivity index (χ1) is 17.7. The number of hydrogen-bond acceptors (Lipinski definition) is 8. The lowest BCUT2D eigenvalue weighted by molar-refractivity contribution is -0.158. The lowest BCUT2D eigenvalue weighted by Crippen LogP contribution is -2.40. The highest BCUT2D eigenvalue weighted by Gasteiger charge is 2.32. The van der Waals surface area contributed by atoms with E-state index in [1.54, 1.807) is 39.4 Å². The van der Waals surface area contributed by atoms with Gasteiger partial charge in [-0.25, -0.2) is 14.8 Å². The smallest absolute Gasteiger partial charge is 0.349 e. The van der Waals surface area contributed by atoms with Gasteiger partial charge in [0.25, 0.3) is 0 Å². The number of carbonyl (C=O) groups is 1. The van der Waals surface area contributed by atoms with Gasteiger partial charge in [0.15, 0.2) is 11.4 Å². The summed E-state index contributed by atoms with van der Waals surface area (Å²) in [4.78, 5) is 23.3. The van der Waals surface area contributed by atoms with Crippen LogP contribution in [-0.2, 0) is 29.2 Å². The molecule has 0 atom stereocenters. The zero-order valence-corrected chi connectivity index (χ0v) is 22.0. The molecule has 8 nitrogen and oxygen atoms in total. The molecular weight excluding hydrogens is 470 g/mol. The van der Waals surface area contributed by atoms with Crippen molar-refractivity contribution in [2.75, 3.05) is 6.61 Å². The Bertz CT molecular complexity index is 1290. The maximum Gasteiger partial charge on any atom is 0.349 e. The van der Waals surface area contributed by atoms with E-state index in [2.05, 4.69) is 27.0 Å². The van der Waals surface area contributed by atoms with E-state index in [4.69, 9.17) is 18.3 Å². The fourth-order valence-corrected chi connectivity index (χ4v) is 4.15. The predicted octanol–water partition coefficient (Wildman–Crippen LogP) is 5.87. The van der Waals surface area contributed by atoms with Gasteiger partial charge in [0.2, 0.25) is 11.8 Å². The van der Waals surface area contributed by atoms with Crippen molar-refractivity contribution in [3.05, 3.63) is 89.6 Å². The zero-order valence-electron chi connectivity index (χ0n) is 22.0. The highest BCUT2D eigenvalue weighted by molar-refractivity contribution is 5.79. The van der Waals surface area contributed by atoms with Crippen LogP contribution in [0.3, 0.4) is 0 Å². The van der Waals surface area contributed by atoms with Crippen molar-refractivity contribution in [2.45, 2.75) is 59.9 Å². The van der Waals surface area contributed by atoms with Gasteiger partial charge in [-0.1, -0.05) is 42.5 Å². The second kappa shape index (κ2) is 11.4. The van der Waals surface area contributed by atoms with Gasteiger partial charge in [-0.2, -0.15) is 0 Å². The van der Waals surface area contributed by atoms with E-state index in [1.165, 1.54) is 0 Å². The number of nitrogens with zero attached hydrogens (tertiary/aromatic N) is 3. The van der Waals surface area contributed by atoms with E-state index < -0.39 is 11.6 Å². The van der Waals surface area contributed by atoms with Gasteiger partial charge in [0, 0.05) is 12.1 Å². The zero-order chi connectivity index (χ0) is 26.4. The number of benzene rings is 2. The molecule has 0 amide bonds. The molecule has 0 saturated heterocycles. The molecule has 2 aromatic carbocycles. The number of hydrogen-bond donors (Lipinski definition) is 0. The Morgan fingerprint density at radius 1 is 1.00 bits per heavy atom. The van der Waals surface area contributed by atoms with Crippen LogP contribution in [0.1, 0.15) is 49.2 Å². The van der Waals surface area contributed by atoms with Gasteiger partial charge >= 0.3 is 5.97 Å². The third kappa shape index (κ3) is 6.65. The highest BCUT2D eigenvalue weighted by Crippen LogP contribution is 2.30. The second-order valence-electron chi connectivity index (χ2n) is 9.45. The number of esters is 1. The highest BCUT2D eigenvalue weighted by atomic mass is 16.6. The molecule has 0 aliphatic heterocycles. The van der Waals surface area contributed by atoms with Crippen LogP contribution < -0.4 is 4.74 Å². The molecule has 0 bridgehead atoms. The molecule has 0 radical (unpaired) electrons. The predicted molar refractivity (Wildman–Crippen MR) is 139 cm³/mol. The monoisotopic (exact) mass is 503 g/mol. The summed E-state index contributed by atoms with van der Waals surface area (Å²) in [5, 5.41) is 0. The van der Waals surface area contributed by atoms with Gasteiger partial charge in [0.1, 0.15) is 12.0 Å². The molecule has 0 N–H and O–H groups in total. The minimum atomic E-state index is -1.09. The summed E-state index contributed by atoms with van der Waals surface area (Å²) in [7, 11) is 0. The maximum atomic E-state index is 12.3. The van der Waals surface area contributed by atoms with Crippen LogP contribution in [0.4, 0.5) is 0 Å². The van der Waals surface area contributed by atoms with Crippen molar-refractivity contribution < 1.29 is 23.1 Å². The van der Waals surface area contributed by atoms with Crippen molar-refractivity contribution in [3.63, 3.8) is 0 Å². The number of carbonyl (C=O) groups excluding carboxylic acids is 1. The van der Waals surface area contributed by atoms with Crippen molar-refractivity contribution in [3.8, 4) is 17.1 Å². The molecule has 2 heterocycles. The standard InChI is InChI=1S/C29H33N3O5/c1-6-34-28(33)29(4,5)37-27-20(2)14-22(15-21(27)3)17-32(18-25-30-12-13-35-25)19-26-31-16-24(36-26)23-10-8-7-9-11-23/h7-16H,6,17-19H2,1-5H3. The number of ether oxygens (including phenoxy) is 2. The summed E-state index contributed by atoms with van der Waals surface area (Å²) in [6.07, 6.45) is 4.95. The second-order valence-corrected chi connectivity index (χ2v) is 9.45. The van der Waals surface area contributed by atoms with Crippen LogP contribution in [0.25, 0.3) is 11.3 Å². The minimum Gasteiger partial charge on any atom is -0.476 e. The lowest BCUT2D eigenvalue weighted by Gasteiger charge is -2.27. The fourth-order valence-electron chi connectivity index (χ4n) is 4.15. The van der Waals surface area contributed by atoms with Gasteiger partial charge < -0.3 is 18.3 Å². The first-order valence-electron chi connectivity index (χ1n) is 12.3. The molecule has 194 valence electrons. The van der Waals surface area contributed by atoms with Crippen molar-refractivity contribution in [2.24, 2.45) is 0 Å². The number of oxazole rings is 2. The van der Waals surface area contributed by atoms with E-state index in [-0.39, 0.29) is 0 Å². The Hall–Kier alpha value is -3.91. The average Bonchev–Trinajstić information content (AvgIpc) is 3.55. The topological polar surface area (TPSA) is 90.8 Å². The van der Waals surface area contributed by atoms with E-state index in [1.807, 2.05) is 44.2 Å². The van der Waals surface area contributed by atoms with Crippen LogP contribution >= 0.6 is 0 Å². The molecule has 0 spiro atoms. The molecule has 0 fully saturated rings. The summed E-state index contributed by atoms with van der Waals surface area (Å²) < 4.78 is 22.9. The van der Waals surface area contributed by atoms with Gasteiger partial charge in [-0.15, -0.1) is 0 Å². The van der Waals surface area contributed by atoms with Crippen LogP contribution in [-0.4, -0.2) is 33.0 Å². The third-order valence-corrected chi connectivity index (χ3v) is 5.86. The van der Waals surface area contributed by atoms with E-state index in [0.717, 1.165) is 28.0 Å². The Morgan fingerprint density at radius 3 is 2.35 bits per heavy atom. The van der Waals surface area contributed by atoms with Crippen molar-refractivity contribution in [1.29, 1.82) is 0 Å². The summed E-state index contributed by atoms with van der Waals surface area (Å²) >= 11 is 0. The molecule has 0 unspecified atom stereocenters. The summed E-state index contributed by atoms with van der Waals surface area (Å²) in [5.41, 5.74) is 2.84. The number of aromatic nitrogens is 2. The molecule has 4 rings (SSSR count). The molecule has 0 saturated carbocycles. The molecule has 37 heavy (non-hydrogen) atoms. The van der Waals surface area contributed by atoms with Crippen LogP contribution in [0.15, 0.2) is 70.0 Å². The van der Waals surface area contributed by atoms with E-state index in [0.29, 0.717) is 43.8 Å². The normalized spacial score (nSPS) is 11.6. The van der Waals surface area contributed by atoms with Crippen LogP contribution in [0, 0.1) is 13.8 Å². The largest absolute Gasteiger partial charge is 0.476 e. The first-order valence-corrected chi connectivity index (χ1v) is 12.3. The molecule has 2 aromatic heterocycles. The minimum absolute atomic E-state index is 0.306. The molecule has 8 heteroatoms. The third-order valence-electron chi connectivity index (χ3n) is 5.86. The van der Waals surface area contributed by atoms with Crippen LogP contribution in [0.2, 0.25) is 0 Å². The molecular formula is C29H33N3O5. The lowest BCUT2D eigenvalue weighted by atomic mass is 10.0. The number of rotatable bonds is 11. The Kier molecular flexibility index (Phi) is 8.08. The Morgan fingerprint density at radius 2 is 1.70 bits per heavy atom. The Balaban J connectivity index is 1.53. The van der Waals surface area contributed by atoms with Gasteiger partial charge in [-0.3, -0.25) is 4.90 Å². The molecule has 0 aliphatic carbocycles. The summed E-state index contributed by atoms with van der Waals surface area (Å²) in [5.74, 6) is 2.23. The van der Waals surface area contributed by atoms with Gasteiger partial charge in [0.05, 0.1) is 32.1 Å². The van der Waals surface area contributed by atoms with Crippen molar-refractivity contribution in [1.82, 2.24) is 14.9 Å². The quantitative estimate of drug-likeness (QED) is 0.235. The number of aryl methyl sites for hydroxylation is 2. The van der Waals surface area contributed by atoms with Crippen LogP contribution in [0.5, 0.6) is 5.75 Å². The van der Waals surface area contributed by atoms with E-state index >= 15 is 0 Å². The molecule has 4 aromatic rings. The average molecular weight is 504 g/mol. The molecule has 0 aliphatic rings. The van der Waals surface area contributed by atoms with Crippen molar-refractivity contribution >= 4 is 5.97 Å². The summed E-state index contributed by atoms with van der Waals surface area (Å²) in [6.45, 7) is 11.0. The van der Waals surface area contributed by atoms with E-state index in [9.17, 15) is 4.79 Å². The fraction of sp³-hybridized carbons (Fsp3) is 0.345. The maximum absolute atomic E-state index is 12.3. The SMILES string of the molecule is CCOC(=O)C(C)(C)Oc1c(C)cc(CN(Cc2ncco2)Cc2ncc(-c3ccccc3)o2)cc1C. The van der Waals surface area contributed by atoms with Gasteiger partial charge in [-0.05, 0) is 51.3 Å². The Labute approximate surface area is 217 Å².